The Hall–Kier alpha value is -2.39. The van der Waals surface area contributed by atoms with Gasteiger partial charge in [0.25, 0.3) is 5.91 Å². The van der Waals surface area contributed by atoms with Crippen LogP contribution >= 0.6 is 0 Å². The van der Waals surface area contributed by atoms with Crippen LogP contribution in [0.4, 0.5) is 0 Å². The molecule has 0 bridgehead atoms. The van der Waals surface area contributed by atoms with Crippen LogP contribution in [0.1, 0.15) is 28.8 Å². The minimum Gasteiger partial charge on any atom is -0.338 e. The van der Waals surface area contributed by atoms with E-state index in [4.69, 9.17) is 5.26 Å². The Balaban J connectivity index is 1.56. The Labute approximate surface area is 135 Å². The molecule has 2 aliphatic rings. The third-order valence-electron chi connectivity index (χ3n) is 4.50. The van der Waals surface area contributed by atoms with E-state index in [9.17, 15) is 9.59 Å². The van der Waals surface area contributed by atoms with E-state index >= 15 is 0 Å². The number of carbonyl (C=O) groups excluding carboxylic acids is 2. The summed E-state index contributed by atoms with van der Waals surface area (Å²) in [5.74, 6) is 0.119. The number of nitrogens with zero attached hydrogens (tertiary/aromatic N) is 3. The highest BCUT2D eigenvalue weighted by molar-refractivity contribution is 5.94. The van der Waals surface area contributed by atoms with Crippen molar-refractivity contribution in [3.8, 4) is 6.07 Å². The number of amides is 2. The molecule has 6 nitrogen and oxygen atoms in total. The van der Waals surface area contributed by atoms with Crippen LogP contribution in [-0.4, -0.2) is 60.4 Å². The van der Waals surface area contributed by atoms with Crippen LogP contribution in [0.25, 0.3) is 0 Å². The number of piperazine rings is 1. The standard InChI is InChI=1S/C17H20N4O2/c18-12-13-3-5-14(6-4-13)16(22)20-8-10-21(11-9-20)17(23)15-2-1-7-19-15/h3-6,15,19H,1-2,7-11H2/t15-/m0/s1. The number of benzene rings is 1. The van der Waals surface area contributed by atoms with Crippen molar-refractivity contribution >= 4 is 11.8 Å². The van der Waals surface area contributed by atoms with Crippen molar-refractivity contribution in [2.75, 3.05) is 32.7 Å². The maximum Gasteiger partial charge on any atom is 0.253 e. The van der Waals surface area contributed by atoms with Crippen molar-refractivity contribution in [3.05, 3.63) is 35.4 Å². The zero-order valence-electron chi connectivity index (χ0n) is 13.0. The minimum atomic E-state index is -0.0456. The summed E-state index contributed by atoms with van der Waals surface area (Å²) in [7, 11) is 0. The predicted molar refractivity (Wildman–Crippen MR) is 84.7 cm³/mol. The minimum absolute atomic E-state index is 0.0411. The second-order valence-corrected chi connectivity index (χ2v) is 5.96. The van der Waals surface area contributed by atoms with Gasteiger partial charge in [-0.05, 0) is 43.7 Å². The monoisotopic (exact) mass is 312 g/mol. The van der Waals surface area contributed by atoms with Gasteiger partial charge in [0, 0.05) is 31.7 Å². The number of nitriles is 1. The zero-order chi connectivity index (χ0) is 16.2. The molecule has 1 N–H and O–H groups in total. The predicted octanol–water partition coefficient (Wildman–Crippen LogP) is 0.595. The van der Waals surface area contributed by atoms with Gasteiger partial charge in [0.2, 0.25) is 5.91 Å². The Kier molecular flexibility index (Phi) is 4.58. The average Bonchev–Trinajstić information content (AvgIpc) is 3.15. The van der Waals surface area contributed by atoms with E-state index in [1.54, 1.807) is 29.2 Å². The quantitative estimate of drug-likeness (QED) is 0.867. The first-order chi connectivity index (χ1) is 11.2. The van der Waals surface area contributed by atoms with E-state index in [1.165, 1.54) is 0 Å². The first-order valence-corrected chi connectivity index (χ1v) is 8.00. The van der Waals surface area contributed by atoms with E-state index in [2.05, 4.69) is 5.32 Å². The number of hydrogen-bond acceptors (Lipinski definition) is 4. The molecule has 0 radical (unpaired) electrons. The molecular weight excluding hydrogens is 292 g/mol. The molecule has 2 fully saturated rings. The highest BCUT2D eigenvalue weighted by Gasteiger charge is 2.30. The molecule has 3 rings (SSSR count). The summed E-state index contributed by atoms with van der Waals surface area (Å²) in [5, 5.41) is 12.0. The Bertz CT molecular complexity index is 621. The van der Waals surface area contributed by atoms with Crippen LogP contribution in [0.5, 0.6) is 0 Å². The topological polar surface area (TPSA) is 76.4 Å². The highest BCUT2D eigenvalue weighted by Crippen LogP contribution is 2.13. The molecule has 2 aliphatic heterocycles. The first kappa shape index (κ1) is 15.5. The fourth-order valence-corrected chi connectivity index (χ4v) is 3.12. The van der Waals surface area contributed by atoms with Gasteiger partial charge in [-0.15, -0.1) is 0 Å². The lowest BCUT2D eigenvalue weighted by molar-refractivity contribution is -0.134. The van der Waals surface area contributed by atoms with Gasteiger partial charge in [0.1, 0.15) is 0 Å². The van der Waals surface area contributed by atoms with E-state index in [1.807, 2.05) is 11.0 Å². The SMILES string of the molecule is N#Cc1ccc(C(=O)N2CCN(C(=O)[C@@H]3CCCN3)CC2)cc1. The van der Waals surface area contributed by atoms with Crippen molar-refractivity contribution in [1.82, 2.24) is 15.1 Å². The molecule has 1 aromatic rings. The third-order valence-corrected chi connectivity index (χ3v) is 4.50. The molecule has 6 heteroatoms. The lowest BCUT2D eigenvalue weighted by Gasteiger charge is -2.36. The summed E-state index contributed by atoms with van der Waals surface area (Å²) in [6, 6.07) is 8.66. The summed E-state index contributed by atoms with van der Waals surface area (Å²) in [6.45, 7) is 3.18. The molecule has 0 spiro atoms. The lowest BCUT2D eigenvalue weighted by atomic mass is 10.1. The fraction of sp³-hybridized carbons (Fsp3) is 0.471. The van der Waals surface area contributed by atoms with Gasteiger partial charge in [0.15, 0.2) is 0 Å². The van der Waals surface area contributed by atoms with Gasteiger partial charge in [-0.25, -0.2) is 0 Å². The molecule has 23 heavy (non-hydrogen) atoms. The van der Waals surface area contributed by atoms with Crippen LogP contribution in [-0.2, 0) is 4.79 Å². The summed E-state index contributed by atoms with van der Waals surface area (Å²) in [5.41, 5.74) is 1.13. The molecule has 0 aromatic heterocycles. The summed E-state index contributed by atoms with van der Waals surface area (Å²) >= 11 is 0. The van der Waals surface area contributed by atoms with Crippen LogP contribution < -0.4 is 5.32 Å². The Morgan fingerprint density at radius 2 is 1.74 bits per heavy atom. The Morgan fingerprint density at radius 1 is 1.09 bits per heavy atom. The maximum absolute atomic E-state index is 12.5. The number of rotatable bonds is 2. The second-order valence-electron chi connectivity index (χ2n) is 5.96. The molecular formula is C17H20N4O2. The summed E-state index contributed by atoms with van der Waals surface area (Å²) in [6.07, 6.45) is 1.96. The molecule has 2 heterocycles. The number of hydrogen-bond donors (Lipinski definition) is 1. The fourth-order valence-electron chi connectivity index (χ4n) is 3.12. The van der Waals surface area contributed by atoms with Crippen molar-refractivity contribution in [2.45, 2.75) is 18.9 Å². The van der Waals surface area contributed by atoms with Gasteiger partial charge in [-0.2, -0.15) is 5.26 Å². The number of carbonyl (C=O) groups is 2. The zero-order valence-corrected chi connectivity index (χ0v) is 13.0. The third kappa shape index (κ3) is 3.35. The second kappa shape index (κ2) is 6.80. The van der Waals surface area contributed by atoms with Crippen molar-refractivity contribution in [1.29, 1.82) is 5.26 Å². The molecule has 0 aliphatic carbocycles. The van der Waals surface area contributed by atoms with Gasteiger partial charge >= 0.3 is 0 Å². The van der Waals surface area contributed by atoms with Crippen LogP contribution in [0.2, 0.25) is 0 Å². The van der Waals surface area contributed by atoms with Gasteiger partial charge in [-0.3, -0.25) is 9.59 Å². The van der Waals surface area contributed by atoms with Crippen molar-refractivity contribution < 1.29 is 9.59 Å². The highest BCUT2D eigenvalue weighted by atomic mass is 16.2. The smallest absolute Gasteiger partial charge is 0.253 e. The van der Waals surface area contributed by atoms with E-state index in [0.29, 0.717) is 37.3 Å². The van der Waals surface area contributed by atoms with Crippen LogP contribution in [0.15, 0.2) is 24.3 Å². The van der Waals surface area contributed by atoms with E-state index in [0.717, 1.165) is 19.4 Å². The molecule has 0 unspecified atom stereocenters. The first-order valence-electron chi connectivity index (χ1n) is 8.00. The van der Waals surface area contributed by atoms with Crippen molar-refractivity contribution in [2.24, 2.45) is 0 Å². The average molecular weight is 312 g/mol. The van der Waals surface area contributed by atoms with E-state index in [-0.39, 0.29) is 17.9 Å². The van der Waals surface area contributed by atoms with Gasteiger partial charge in [-0.1, -0.05) is 0 Å². The van der Waals surface area contributed by atoms with Gasteiger partial charge < -0.3 is 15.1 Å². The lowest BCUT2D eigenvalue weighted by Crippen LogP contribution is -2.54. The largest absolute Gasteiger partial charge is 0.338 e. The summed E-state index contributed by atoms with van der Waals surface area (Å²) < 4.78 is 0. The van der Waals surface area contributed by atoms with Gasteiger partial charge in [0.05, 0.1) is 17.7 Å². The van der Waals surface area contributed by atoms with E-state index < -0.39 is 0 Å². The van der Waals surface area contributed by atoms with Crippen LogP contribution in [0.3, 0.4) is 0 Å². The molecule has 1 aromatic carbocycles. The molecule has 2 amide bonds. The molecule has 0 saturated carbocycles. The molecule has 1 atom stereocenters. The molecule has 120 valence electrons. The number of nitrogens with one attached hydrogen (secondary N) is 1. The maximum atomic E-state index is 12.5. The molecule has 2 saturated heterocycles. The van der Waals surface area contributed by atoms with Crippen LogP contribution in [0, 0.1) is 11.3 Å². The Morgan fingerprint density at radius 3 is 2.30 bits per heavy atom. The normalized spacial score (nSPS) is 21.1. The van der Waals surface area contributed by atoms with Crippen molar-refractivity contribution in [3.63, 3.8) is 0 Å². The summed E-state index contributed by atoms with van der Waals surface area (Å²) in [4.78, 5) is 28.4.